The first-order valence-electron chi connectivity index (χ1n) is 6.60. The molecule has 0 radical (unpaired) electrons. The van der Waals surface area contributed by atoms with Gasteiger partial charge in [0.1, 0.15) is 11.7 Å². The van der Waals surface area contributed by atoms with E-state index in [0.717, 1.165) is 23.5 Å². The van der Waals surface area contributed by atoms with Gasteiger partial charge in [0.25, 0.3) is 0 Å². The fourth-order valence-corrected chi connectivity index (χ4v) is 2.24. The lowest BCUT2D eigenvalue weighted by Gasteiger charge is -2.09. The summed E-state index contributed by atoms with van der Waals surface area (Å²) in [5, 5.41) is 9.08. The number of benzene rings is 1. The normalized spacial score (nSPS) is 12.2. The standard InChI is InChI=1S/C16H19N3/c1-5-13(8-17)16-18-9-15(19-16)14-7-6-10(2)11(3)12(14)4/h6-7,9,13H,5H2,1-4H3,(H,18,19). The van der Waals surface area contributed by atoms with Gasteiger partial charge in [-0.25, -0.2) is 4.98 Å². The number of nitrogens with one attached hydrogen (secondary N) is 1. The molecule has 3 heteroatoms. The number of hydrogen-bond donors (Lipinski definition) is 1. The number of aromatic amines is 1. The van der Waals surface area contributed by atoms with Crippen LogP contribution in [0.15, 0.2) is 18.3 Å². The molecule has 1 aromatic carbocycles. The maximum absolute atomic E-state index is 9.08. The van der Waals surface area contributed by atoms with Gasteiger partial charge in [0.15, 0.2) is 0 Å². The molecule has 2 rings (SSSR count). The van der Waals surface area contributed by atoms with Crippen molar-refractivity contribution < 1.29 is 0 Å². The molecule has 1 N–H and O–H groups in total. The monoisotopic (exact) mass is 253 g/mol. The Morgan fingerprint density at radius 2 is 2.00 bits per heavy atom. The topological polar surface area (TPSA) is 52.5 Å². The van der Waals surface area contributed by atoms with E-state index in [-0.39, 0.29) is 5.92 Å². The smallest absolute Gasteiger partial charge is 0.123 e. The number of nitriles is 1. The molecular formula is C16H19N3. The largest absolute Gasteiger partial charge is 0.341 e. The summed E-state index contributed by atoms with van der Waals surface area (Å²) in [5.41, 5.74) is 6.02. The minimum Gasteiger partial charge on any atom is -0.341 e. The van der Waals surface area contributed by atoms with E-state index in [0.29, 0.717) is 0 Å². The summed E-state index contributed by atoms with van der Waals surface area (Å²) in [4.78, 5) is 7.64. The minimum absolute atomic E-state index is 0.152. The van der Waals surface area contributed by atoms with Gasteiger partial charge in [0.2, 0.25) is 0 Å². The van der Waals surface area contributed by atoms with Crippen LogP contribution in [0.5, 0.6) is 0 Å². The average Bonchev–Trinajstić information content (AvgIpc) is 2.87. The molecule has 1 atom stereocenters. The minimum atomic E-state index is -0.152. The third kappa shape index (κ3) is 2.39. The highest BCUT2D eigenvalue weighted by Crippen LogP contribution is 2.27. The Kier molecular flexibility index (Phi) is 3.71. The molecular weight excluding hydrogens is 234 g/mol. The summed E-state index contributed by atoms with van der Waals surface area (Å²) in [6.07, 6.45) is 2.60. The molecule has 0 spiro atoms. The van der Waals surface area contributed by atoms with E-state index in [1.165, 1.54) is 16.7 Å². The lowest BCUT2D eigenvalue weighted by atomic mass is 9.97. The van der Waals surface area contributed by atoms with Crippen molar-refractivity contribution in [2.45, 2.75) is 40.0 Å². The van der Waals surface area contributed by atoms with E-state index >= 15 is 0 Å². The second-order valence-corrected chi connectivity index (χ2v) is 4.95. The summed E-state index contributed by atoms with van der Waals surface area (Å²) in [5.74, 6) is 0.609. The first-order valence-corrected chi connectivity index (χ1v) is 6.60. The molecule has 0 amide bonds. The summed E-state index contributed by atoms with van der Waals surface area (Å²) in [7, 11) is 0. The van der Waals surface area contributed by atoms with E-state index in [2.05, 4.69) is 48.9 Å². The first kappa shape index (κ1) is 13.4. The Hall–Kier alpha value is -2.08. The molecule has 0 bridgehead atoms. The fourth-order valence-electron chi connectivity index (χ4n) is 2.24. The summed E-state index contributed by atoms with van der Waals surface area (Å²) < 4.78 is 0. The summed E-state index contributed by atoms with van der Waals surface area (Å²) in [6, 6.07) is 6.51. The van der Waals surface area contributed by atoms with Crippen molar-refractivity contribution in [2.24, 2.45) is 0 Å². The number of hydrogen-bond acceptors (Lipinski definition) is 2. The predicted molar refractivity (Wildman–Crippen MR) is 76.9 cm³/mol. The van der Waals surface area contributed by atoms with Gasteiger partial charge in [-0.1, -0.05) is 19.1 Å². The van der Waals surface area contributed by atoms with E-state index < -0.39 is 0 Å². The number of rotatable bonds is 3. The third-order valence-electron chi connectivity index (χ3n) is 3.84. The number of nitrogens with zero attached hydrogens (tertiary/aromatic N) is 2. The molecule has 0 aliphatic heterocycles. The van der Waals surface area contributed by atoms with Gasteiger partial charge in [0, 0.05) is 5.56 Å². The van der Waals surface area contributed by atoms with Gasteiger partial charge in [-0.3, -0.25) is 0 Å². The van der Waals surface area contributed by atoms with Gasteiger partial charge < -0.3 is 4.98 Å². The van der Waals surface area contributed by atoms with Crippen LogP contribution >= 0.6 is 0 Å². The van der Waals surface area contributed by atoms with Crippen LogP contribution in [0, 0.1) is 32.1 Å². The van der Waals surface area contributed by atoms with Gasteiger partial charge in [-0.05, 0) is 43.9 Å². The number of aromatic nitrogens is 2. The van der Waals surface area contributed by atoms with E-state index in [1.54, 1.807) is 0 Å². The molecule has 0 fully saturated rings. The second-order valence-electron chi connectivity index (χ2n) is 4.95. The fraction of sp³-hybridized carbons (Fsp3) is 0.375. The van der Waals surface area contributed by atoms with Crippen LogP contribution in [0.2, 0.25) is 0 Å². The van der Waals surface area contributed by atoms with E-state index in [1.807, 2.05) is 13.1 Å². The lowest BCUT2D eigenvalue weighted by molar-refractivity contribution is 0.766. The molecule has 1 aromatic heterocycles. The van der Waals surface area contributed by atoms with Crippen molar-refractivity contribution in [1.29, 1.82) is 5.26 Å². The maximum atomic E-state index is 9.08. The highest BCUT2D eigenvalue weighted by atomic mass is 14.9. The average molecular weight is 253 g/mol. The zero-order chi connectivity index (χ0) is 14.0. The van der Waals surface area contributed by atoms with Crippen LogP contribution < -0.4 is 0 Å². The van der Waals surface area contributed by atoms with Crippen LogP contribution in [0.3, 0.4) is 0 Å². The maximum Gasteiger partial charge on any atom is 0.123 e. The predicted octanol–water partition coefficient (Wildman–Crippen LogP) is 4.02. The van der Waals surface area contributed by atoms with E-state index in [4.69, 9.17) is 5.26 Å². The van der Waals surface area contributed by atoms with Crippen LogP contribution in [-0.2, 0) is 0 Å². The molecule has 1 heterocycles. The van der Waals surface area contributed by atoms with Crippen molar-refractivity contribution in [1.82, 2.24) is 9.97 Å². The molecule has 19 heavy (non-hydrogen) atoms. The molecule has 2 aromatic rings. The molecule has 0 aliphatic rings. The second kappa shape index (κ2) is 5.27. The molecule has 3 nitrogen and oxygen atoms in total. The van der Waals surface area contributed by atoms with Crippen molar-refractivity contribution in [2.75, 3.05) is 0 Å². The van der Waals surface area contributed by atoms with Crippen LogP contribution in [0.25, 0.3) is 11.3 Å². The molecule has 0 saturated carbocycles. The number of H-pyrrole nitrogens is 1. The number of imidazole rings is 1. The van der Waals surface area contributed by atoms with Gasteiger partial charge >= 0.3 is 0 Å². The van der Waals surface area contributed by atoms with Gasteiger partial charge in [0.05, 0.1) is 18.0 Å². The van der Waals surface area contributed by atoms with E-state index in [9.17, 15) is 0 Å². The Balaban J connectivity index is 2.44. The Morgan fingerprint density at radius 3 is 2.63 bits per heavy atom. The Bertz CT molecular complexity index is 632. The van der Waals surface area contributed by atoms with Crippen molar-refractivity contribution in [3.63, 3.8) is 0 Å². The van der Waals surface area contributed by atoms with Gasteiger partial charge in [-0.2, -0.15) is 5.26 Å². The highest BCUT2D eigenvalue weighted by Gasteiger charge is 2.14. The zero-order valence-corrected chi connectivity index (χ0v) is 11.9. The molecule has 1 unspecified atom stereocenters. The van der Waals surface area contributed by atoms with Crippen molar-refractivity contribution >= 4 is 0 Å². The molecule has 98 valence electrons. The van der Waals surface area contributed by atoms with Crippen LogP contribution in [-0.4, -0.2) is 9.97 Å². The van der Waals surface area contributed by atoms with Gasteiger partial charge in [-0.15, -0.1) is 0 Å². The highest BCUT2D eigenvalue weighted by molar-refractivity contribution is 5.65. The SMILES string of the molecule is CCC(C#N)c1ncc(-c2ccc(C)c(C)c2C)[nH]1. The Labute approximate surface area is 114 Å². The van der Waals surface area contributed by atoms with Crippen molar-refractivity contribution in [3.05, 3.63) is 40.8 Å². The first-order chi connectivity index (χ1) is 9.08. The zero-order valence-electron chi connectivity index (χ0n) is 11.9. The quantitative estimate of drug-likeness (QED) is 0.898. The lowest BCUT2D eigenvalue weighted by Crippen LogP contribution is -1.96. The van der Waals surface area contributed by atoms with Crippen LogP contribution in [0.1, 0.15) is 41.8 Å². The van der Waals surface area contributed by atoms with Crippen LogP contribution in [0.4, 0.5) is 0 Å². The molecule has 0 aliphatic carbocycles. The summed E-state index contributed by atoms with van der Waals surface area (Å²) >= 11 is 0. The number of aryl methyl sites for hydroxylation is 1. The Morgan fingerprint density at radius 1 is 1.26 bits per heavy atom. The molecule has 0 saturated heterocycles. The third-order valence-corrected chi connectivity index (χ3v) is 3.84. The summed E-state index contributed by atoms with van der Waals surface area (Å²) in [6.45, 7) is 8.37. The van der Waals surface area contributed by atoms with Crippen molar-refractivity contribution in [3.8, 4) is 17.3 Å².